The second-order valence-electron chi connectivity index (χ2n) is 9.21. The van der Waals surface area contributed by atoms with Crippen molar-refractivity contribution < 1.29 is 24.2 Å². The van der Waals surface area contributed by atoms with Gasteiger partial charge in [-0.1, -0.05) is 48.5 Å². The molecule has 1 aliphatic heterocycles. The number of ether oxygens (including phenoxy) is 1. The summed E-state index contributed by atoms with van der Waals surface area (Å²) in [5.41, 5.74) is 1.90. The third-order valence-electron chi connectivity index (χ3n) is 6.64. The maximum Gasteiger partial charge on any atom is 0.408 e. The standard InChI is InChI=1S/C25H28N2O5/c1-24(2,21(28)27-14-8-13-25(27,3)22(29)30)26-23(31)32-15-20-18-11-6-4-9-16(18)17-10-5-7-12-19(17)20/h4-7,9-12,20H,8,13-15H2,1-3H3,(H,26,31)(H,29,30). The largest absolute Gasteiger partial charge is 0.480 e. The fraction of sp³-hybridized carbons (Fsp3) is 0.400. The number of hydrogen-bond donors (Lipinski definition) is 2. The number of nitrogens with zero attached hydrogens (tertiary/aromatic N) is 1. The van der Waals surface area contributed by atoms with Gasteiger partial charge in [0.25, 0.3) is 0 Å². The van der Waals surface area contributed by atoms with Crippen LogP contribution in [0.4, 0.5) is 4.79 Å². The third kappa shape index (κ3) is 3.61. The molecule has 2 aliphatic rings. The predicted octanol–water partition coefficient (Wildman–Crippen LogP) is 3.77. The molecule has 168 valence electrons. The average Bonchev–Trinajstić information content (AvgIpc) is 3.30. The first-order valence-corrected chi connectivity index (χ1v) is 10.8. The van der Waals surface area contributed by atoms with Crippen LogP contribution in [0, 0.1) is 0 Å². The SMILES string of the molecule is CC(C)(NC(=O)OCC1c2ccccc2-c2ccccc21)C(=O)N1CCCC1(C)C(=O)O. The zero-order chi connectivity index (χ0) is 23.1. The van der Waals surface area contributed by atoms with Crippen LogP contribution in [-0.2, 0) is 14.3 Å². The van der Waals surface area contributed by atoms with E-state index >= 15 is 0 Å². The molecule has 0 saturated carbocycles. The molecule has 7 nitrogen and oxygen atoms in total. The molecule has 1 saturated heterocycles. The van der Waals surface area contributed by atoms with E-state index in [4.69, 9.17) is 4.74 Å². The normalized spacial score (nSPS) is 19.9. The fourth-order valence-corrected chi connectivity index (χ4v) is 4.79. The van der Waals surface area contributed by atoms with Crippen LogP contribution in [0.25, 0.3) is 11.1 Å². The van der Waals surface area contributed by atoms with Gasteiger partial charge >= 0.3 is 12.1 Å². The van der Waals surface area contributed by atoms with Gasteiger partial charge in [-0.25, -0.2) is 9.59 Å². The molecule has 7 heteroatoms. The molecule has 2 aromatic carbocycles. The lowest BCUT2D eigenvalue weighted by molar-refractivity contribution is -0.157. The molecular weight excluding hydrogens is 408 g/mol. The van der Waals surface area contributed by atoms with Crippen molar-refractivity contribution in [1.82, 2.24) is 10.2 Å². The number of carboxylic acids is 1. The van der Waals surface area contributed by atoms with Crippen LogP contribution in [0.5, 0.6) is 0 Å². The second-order valence-corrected chi connectivity index (χ2v) is 9.21. The molecule has 0 bridgehead atoms. The third-order valence-corrected chi connectivity index (χ3v) is 6.64. The average molecular weight is 437 g/mol. The molecule has 1 heterocycles. The van der Waals surface area contributed by atoms with Crippen molar-refractivity contribution in [3.05, 3.63) is 59.7 Å². The highest BCUT2D eigenvalue weighted by molar-refractivity contribution is 5.94. The molecule has 1 atom stereocenters. The Labute approximate surface area is 187 Å². The predicted molar refractivity (Wildman–Crippen MR) is 119 cm³/mol. The zero-order valence-electron chi connectivity index (χ0n) is 18.6. The van der Waals surface area contributed by atoms with Gasteiger partial charge in [0, 0.05) is 12.5 Å². The topological polar surface area (TPSA) is 95.9 Å². The summed E-state index contributed by atoms with van der Waals surface area (Å²) in [7, 11) is 0. The van der Waals surface area contributed by atoms with E-state index in [0.29, 0.717) is 19.4 Å². The molecule has 0 aromatic heterocycles. The van der Waals surface area contributed by atoms with Crippen molar-refractivity contribution in [2.45, 2.75) is 50.6 Å². The van der Waals surface area contributed by atoms with Gasteiger partial charge < -0.3 is 20.1 Å². The van der Waals surface area contributed by atoms with Gasteiger partial charge in [0.15, 0.2) is 0 Å². The minimum absolute atomic E-state index is 0.0825. The maximum atomic E-state index is 13.1. The Balaban J connectivity index is 1.44. The number of carbonyl (C=O) groups excluding carboxylic acids is 2. The van der Waals surface area contributed by atoms with E-state index in [9.17, 15) is 19.5 Å². The molecular formula is C25H28N2O5. The van der Waals surface area contributed by atoms with Gasteiger partial charge in [0.05, 0.1) is 0 Å². The number of likely N-dealkylation sites (tertiary alicyclic amines) is 1. The minimum atomic E-state index is -1.30. The highest BCUT2D eigenvalue weighted by atomic mass is 16.5. The molecule has 4 rings (SSSR count). The van der Waals surface area contributed by atoms with Crippen LogP contribution in [0.15, 0.2) is 48.5 Å². The molecule has 2 N–H and O–H groups in total. The number of benzene rings is 2. The van der Waals surface area contributed by atoms with E-state index in [-0.39, 0.29) is 12.5 Å². The molecule has 2 amide bonds. The highest BCUT2D eigenvalue weighted by Gasteiger charge is 2.49. The summed E-state index contributed by atoms with van der Waals surface area (Å²) in [5, 5.41) is 12.2. The monoisotopic (exact) mass is 436 g/mol. The van der Waals surface area contributed by atoms with Crippen LogP contribution in [0.2, 0.25) is 0 Å². The summed E-state index contributed by atoms with van der Waals surface area (Å²) in [4.78, 5) is 38.8. The lowest BCUT2D eigenvalue weighted by atomic mass is 9.96. The Bertz CT molecular complexity index is 1030. The summed E-state index contributed by atoms with van der Waals surface area (Å²) in [6, 6.07) is 16.1. The van der Waals surface area contributed by atoms with Gasteiger partial charge in [-0.3, -0.25) is 4.79 Å². The molecule has 0 radical (unpaired) electrons. The lowest BCUT2D eigenvalue weighted by Crippen LogP contribution is -2.61. The van der Waals surface area contributed by atoms with Crippen LogP contribution >= 0.6 is 0 Å². The van der Waals surface area contributed by atoms with Crippen molar-refractivity contribution in [3.63, 3.8) is 0 Å². The number of carboxylic acid groups (broad SMARTS) is 1. The lowest BCUT2D eigenvalue weighted by Gasteiger charge is -2.37. The van der Waals surface area contributed by atoms with Crippen LogP contribution in [0.1, 0.15) is 50.7 Å². The first kappa shape index (κ1) is 21.9. The molecule has 1 fully saturated rings. The van der Waals surface area contributed by atoms with Gasteiger partial charge in [0.1, 0.15) is 17.7 Å². The van der Waals surface area contributed by atoms with Crippen molar-refractivity contribution in [3.8, 4) is 11.1 Å². The van der Waals surface area contributed by atoms with Crippen LogP contribution in [0.3, 0.4) is 0 Å². The highest BCUT2D eigenvalue weighted by Crippen LogP contribution is 2.44. The van der Waals surface area contributed by atoms with Gasteiger partial charge in [0.2, 0.25) is 5.91 Å². The fourth-order valence-electron chi connectivity index (χ4n) is 4.79. The van der Waals surface area contributed by atoms with E-state index in [1.807, 2.05) is 36.4 Å². The number of carbonyl (C=O) groups is 3. The van der Waals surface area contributed by atoms with E-state index in [2.05, 4.69) is 17.4 Å². The van der Waals surface area contributed by atoms with Crippen molar-refractivity contribution in [1.29, 1.82) is 0 Å². The molecule has 2 aromatic rings. The molecule has 32 heavy (non-hydrogen) atoms. The minimum Gasteiger partial charge on any atom is -0.480 e. The van der Waals surface area contributed by atoms with Crippen LogP contribution in [-0.4, -0.2) is 52.2 Å². The zero-order valence-corrected chi connectivity index (χ0v) is 18.6. The first-order chi connectivity index (χ1) is 15.1. The van der Waals surface area contributed by atoms with E-state index < -0.39 is 29.0 Å². The van der Waals surface area contributed by atoms with E-state index in [1.54, 1.807) is 20.8 Å². The van der Waals surface area contributed by atoms with E-state index in [1.165, 1.54) is 4.90 Å². The Morgan fingerprint density at radius 3 is 2.22 bits per heavy atom. The number of rotatable bonds is 5. The first-order valence-electron chi connectivity index (χ1n) is 10.8. The summed E-state index contributed by atoms with van der Waals surface area (Å²) in [5.74, 6) is -1.56. The number of amides is 2. The van der Waals surface area contributed by atoms with Crippen molar-refractivity contribution >= 4 is 18.0 Å². The Morgan fingerprint density at radius 2 is 1.66 bits per heavy atom. The maximum absolute atomic E-state index is 13.1. The number of hydrogen-bond acceptors (Lipinski definition) is 4. The quantitative estimate of drug-likeness (QED) is 0.744. The Morgan fingerprint density at radius 1 is 1.09 bits per heavy atom. The van der Waals surface area contributed by atoms with E-state index in [0.717, 1.165) is 22.3 Å². The smallest absolute Gasteiger partial charge is 0.408 e. The Kier molecular flexibility index (Phi) is 5.44. The summed E-state index contributed by atoms with van der Waals surface area (Å²) in [6.45, 7) is 5.16. The van der Waals surface area contributed by atoms with Crippen LogP contribution < -0.4 is 5.32 Å². The van der Waals surface area contributed by atoms with Crippen molar-refractivity contribution in [2.24, 2.45) is 0 Å². The summed E-state index contributed by atoms with van der Waals surface area (Å²) >= 11 is 0. The molecule has 0 spiro atoms. The number of aliphatic carboxylic acids is 1. The number of alkyl carbamates (subject to hydrolysis) is 1. The van der Waals surface area contributed by atoms with Gasteiger partial charge in [-0.05, 0) is 55.9 Å². The molecule has 1 aliphatic carbocycles. The van der Waals surface area contributed by atoms with Crippen molar-refractivity contribution in [2.75, 3.05) is 13.2 Å². The number of nitrogens with one attached hydrogen (secondary N) is 1. The number of fused-ring (bicyclic) bond motifs is 3. The Hall–Kier alpha value is -3.35. The molecule has 1 unspecified atom stereocenters. The summed E-state index contributed by atoms with van der Waals surface area (Å²) in [6.07, 6.45) is 0.284. The summed E-state index contributed by atoms with van der Waals surface area (Å²) < 4.78 is 5.55. The van der Waals surface area contributed by atoms with Gasteiger partial charge in [-0.15, -0.1) is 0 Å². The van der Waals surface area contributed by atoms with Gasteiger partial charge in [-0.2, -0.15) is 0 Å². The second kappa shape index (κ2) is 7.97.